The molecular formula is C17H13N3OS2. The lowest BCUT2D eigenvalue weighted by Crippen LogP contribution is -2.22. The zero-order chi connectivity index (χ0) is 16.2. The van der Waals surface area contributed by atoms with Crippen LogP contribution in [-0.2, 0) is 12.3 Å². The fourth-order valence-electron chi connectivity index (χ4n) is 2.15. The molecule has 3 rings (SSSR count). The van der Waals surface area contributed by atoms with E-state index in [0.29, 0.717) is 28.4 Å². The molecule has 0 aliphatic heterocycles. The van der Waals surface area contributed by atoms with E-state index in [4.69, 9.17) is 5.26 Å². The van der Waals surface area contributed by atoms with E-state index in [9.17, 15) is 4.79 Å². The van der Waals surface area contributed by atoms with Gasteiger partial charge in [0.2, 0.25) is 0 Å². The van der Waals surface area contributed by atoms with Crippen LogP contribution >= 0.6 is 23.1 Å². The SMILES string of the molecule is C=CCn1c(SCc2ccc(C#N)cc2)nc2sccc2c1=O. The van der Waals surface area contributed by atoms with Gasteiger partial charge in [-0.25, -0.2) is 4.98 Å². The normalized spacial score (nSPS) is 10.6. The largest absolute Gasteiger partial charge is 0.283 e. The summed E-state index contributed by atoms with van der Waals surface area (Å²) in [5, 5.41) is 12.1. The van der Waals surface area contributed by atoms with Gasteiger partial charge in [-0.15, -0.1) is 17.9 Å². The molecular weight excluding hydrogens is 326 g/mol. The summed E-state index contributed by atoms with van der Waals surface area (Å²) in [6.07, 6.45) is 1.70. The van der Waals surface area contributed by atoms with Gasteiger partial charge in [0.1, 0.15) is 4.83 Å². The van der Waals surface area contributed by atoms with Gasteiger partial charge in [0.25, 0.3) is 5.56 Å². The zero-order valence-corrected chi connectivity index (χ0v) is 13.9. The Kier molecular flexibility index (Phi) is 4.60. The highest BCUT2D eigenvalue weighted by Gasteiger charge is 2.11. The van der Waals surface area contributed by atoms with Crippen LogP contribution in [0.3, 0.4) is 0 Å². The maximum atomic E-state index is 12.5. The van der Waals surface area contributed by atoms with Crippen LogP contribution in [0.15, 0.2) is 58.3 Å². The van der Waals surface area contributed by atoms with E-state index in [1.807, 2.05) is 23.6 Å². The maximum Gasteiger partial charge on any atom is 0.263 e. The van der Waals surface area contributed by atoms with Crippen molar-refractivity contribution in [1.29, 1.82) is 5.26 Å². The van der Waals surface area contributed by atoms with E-state index in [2.05, 4.69) is 17.6 Å². The minimum absolute atomic E-state index is 0.0292. The topological polar surface area (TPSA) is 58.7 Å². The van der Waals surface area contributed by atoms with Crippen molar-refractivity contribution in [2.75, 3.05) is 0 Å². The van der Waals surface area contributed by atoms with Gasteiger partial charge >= 0.3 is 0 Å². The molecule has 114 valence electrons. The fraction of sp³-hybridized carbons (Fsp3) is 0.118. The second-order valence-electron chi connectivity index (χ2n) is 4.84. The van der Waals surface area contributed by atoms with Gasteiger partial charge in [-0.2, -0.15) is 5.26 Å². The van der Waals surface area contributed by atoms with Crippen LogP contribution < -0.4 is 5.56 Å². The predicted molar refractivity (Wildman–Crippen MR) is 94.8 cm³/mol. The molecule has 0 N–H and O–H groups in total. The van der Waals surface area contributed by atoms with Crippen LogP contribution in [0.2, 0.25) is 0 Å². The second kappa shape index (κ2) is 6.82. The van der Waals surface area contributed by atoms with Gasteiger partial charge in [-0.3, -0.25) is 9.36 Å². The molecule has 0 unspecified atom stereocenters. The minimum atomic E-state index is -0.0292. The number of thioether (sulfide) groups is 1. The molecule has 23 heavy (non-hydrogen) atoms. The first-order valence-corrected chi connectivity index (χ1v) is 8.80. The Labute approximate surface area is 141 Å². The van der Waals surface area contributed by atoms with Crippen molar-refractivity contribution in [3.8, 4) is 6.07 Å². The van der Waals surface area contributed by atoms with E-state index in [1.54, 1.807) is 22.8 Å². The van der Waals surface area contributed by atoms with E-state index < -0.39 is 0 Å². The number of allylic oxidation sites excluding steroid dienone is 1. The summed E-state index contributed by atoms with van der Waals surface area (Å²) in [7, 11) is 0. The van der Waals surface area contributed by atoms with Crippen LogP contribution in [0.4, 0.5) is 0 Å². The molecule has 0 saturated heterocycles. The quantitative estimate of drug-likeness (QED) is 0.403. The van der Waals surface area contributed by atoms with Crippen LogP contribution in [0.5, 0.6) is 0 Å². The molecule has 0 atom stereocenters. The summed E-state index contributed by atoms with van der Waals surface area (Å²) in [5.74, 6) is 0.687. The van der Waals surface area contributed by atoms with E-state index in [1.165, 1.54) is 23.1 Å². The number of benzene rings is 1. The van der Waals surface area contributed by atoms with Crippen molar-refractivity contribution >= 4 is 33.3 Å². The lowest BCUT2D eigenvalue weighted by atomic mass is 10.2. The van der Waals surface area contributed by atoms with Gasteiger partial charge in [-0.1, -0.05) is 30.0 Å². The van der Waals surface area contributed by atoms with Crippen LogP contribution in [-0.4, -0.2) is 9.55 Å². The highest BCUT2D eigenvalue weighted by Crippen LogP contribution is 2.24. The van der Waals surface area contributed by atoms with Crippen molar-refractivity contribution in [3.63, 3.8) is 0 Å². The minimum Gasteiger partial charge on any atom is -0.283 e. The number of hydrogen-bond donors (Lipinski definition) is 0. The third-order valence-corrected chi connectivity index (χ3v) is 5.17. The second-order valence-corrected chi connectivity index (χ2v) is 6.67. The maximum absolute atomic E-state index is 12.5. The Morgan fingerprint density at radius 3 is 2.83 bits per heavy atom. The zero-order valence-electron chi connectivity index (χ0n) is 12.2. The molecule has 2 aromatic heterocycles. The predicted octanol–water partition coefficient (Wildman–Crippen LogP) is 3.81. The summed E-state index contributed by atoms with van der Waals surface area (Å²) in [5.41, 5.74) is 1.69. The third kappa shape index (κ3) is 3.21. The number of thiophene rings is 1. The molecule has 0 radical (unpaired) electrons. The van der Waals surface area contributed by atoms with Crippen molar-refractivity contribution in [3.05, 3.63) is 69.8 Å². The highest BCUT2D eigenvalue weighted by atomic mass is 32.2. The number of nitrogens with zero attached hydrogens (tertiary/aromatic N) is 3. The number of rotatable bonds is 5. The lowest BCUT2D eigenvalue weighted by Gasteiger charge is -2.10. The molecule has 6 heteroatoms. The first-order valence-electron chi connectivity index (χ1n) is 6.93. The highest BCUT2D eigenvalue weighted by molar-refractivity contribution is 7.98. The summed E-state index contributed by atoms with van der Waals surface area (Å²) < 4.78 is 1.65. The van der Waals surface area contributed by atoms with Crippen LogP contribution in [0, 0.1) is 11.3 Å². The Hall–Kier alpha value is -2.36. The smallest absolute Gasteiger partial charge is 0.263 e. The van der Waals surface area contributed by atoms with Gasteiger partial charge in [-0.05, 0) is 29.1 Å². The van der Waals surface area contributed by atoms with Gasteiger partial charge in [0.15, 0.2) is 5.16 Å². The van der Waals surface area contributed by atoms with Crippen molar-refractivity contribution < 1.29 is 0 Å². The Morgan fingerprint density at radius 2 is 2.13 bits per heavy atom. The third-order valence-electron chi connectivity index (χ3n) is 3.31. The molecule has 0 spiro atoms. The average molecular weight is 339 g/mol. The standard InChI is InChI=1S/C17H13N3OS2/c1-2-8-20-16(21)14-7-9-22-15(14)19-17(20)23-11-13-5-3-12(10-18)4-6-13/h2-7,9H,1,8,11H2. The number of nitriles is 1. The molecule has 0 amide bonds. The first-order chi connectivity index (χ1) is 11.2. The van der Waals surface area contributed by atoms with Gasteiger partial charge in [0.05, 0.1) is 17.0 Å². The molecule has 1 aromatic carbocycles. The Balaban J connectivity index is 1.91. The van der Waals surface area contributed by atoms with Gasteiger partial charge < -0.3 is 0 Å². The summed E-state index contributed by atoms with van der Waals surface area (Å²) >= 11 is 2.98. The van der Waals surface area contributed by atoms with Crippen LogP contribution in [0.1, 0.15) is 11.1 Å². The average Bonchev–Trinajstić information content (AvgIpc) is 3.05. The molecule has 0 aliphatic rings. The number of fused-ring (bicyclic) bond motifs is 1. The van der Waals surface area contributed by atoms with Crippen molar-refractivity contribution in [2.45, 2.75) is 17.5 Å². The number of aromatic nitrogens is 2. The molecule has 0 fully saturated rings. The van der Waals surface area contributed by atoms with E-state index in [-0.39, 0.29) is 5.56 Å². The Morgan fingerprint density at radius 1 is 1.35 bits per heavy atom. The van der Waals surface area contributed by atoms with Gasteiger partial charge in [0, 0.05) is 12.3 Å². The molecule has 4 nitrogen and oxygen atoms in total. The molecule has 0 saturated carbocycles. The first kappa shape index (κ1) is 15.5. The fourth-order valence-corrected chi connectivity index (χ4v) is 3.92. The molecule has 2 heterocycles. The van der Waals surface area contributed by atoms with Crippen molar-refractivity contribution in [1.82, 2.24) is 9.55 Å². The summed E-state index contributed by atoms with van der Waals surface area (Å²) in [6, 6.07) is 11.3. The molecule has 0 bridgehead atoms. The summed E-state index contributed by atoms with van der Waals surface area (Å²) in [4.78, 5) is 17.9. The molecule has 3 aromatic rings. The van der Waals surface area contributed by atoms with Crippen molar-refractivity contribution in [2.24, 2.45) is 0 Å². The number of hydrogen-bond acceptors (Lipinski definition) is 5. The van der Waals surface area contributed by atoms with E-state index in [0.717, 1.165) is 10.4 Å². The van der Waals surface area contributed by atoms with Crippen LogP contribution in [0.25, 0.3) is 10.2 Å². The lowest BCUT2D eigenvalue weighted by molar-refractivity contribution is 0.673. The van der Waals surface area contributed by atoms with E-state index >= 15 is 0 Å². The monoisotopic (exact) mass is 339 g/mol. The molecule has 0 aliphatic carbocycles. The Bertz CT molecular complexity index is 949. The summed E-state index contributed by atoms with van der Waals surface area (Å²) in [6.45, 7) is 4.16.